The van der Waals surface area contributed by atoms with Crippen molar-refractivity contribution in [1.29, 1.82) is 0 Å². The maximum atomic E-state index is 13.0. The van der Waals surface area contributed by atoms with E-state index in [1.165, 1.54) is 0 Å². The number of carbonyl (C=O) groups is 1. The average Bonchev–Trinajstić information content (AvgIpc) is 3.18. The molecule has 8 heteroatoms. The molecule has 0 aliphatic heterocycles. The summed E-state index contributed by atoms with van der Waals surface area (Å²) in [5.41, 5.74) is 5.08. The molecule has 0 aliphatic carbocycles. The molecule has 0 saturated heterocycles. The quantitative estimate of drug-likeness (QED) is 0.275. The van der Waals surface area contributed by atoms with Crippen molar-refractivity contribution in [3.8, 4) is 17.3 Å². The number of amides is 1. The highest BCUT2D eigenvalue weighted by Crippen LogP contribution is 2.26. The Kier molecular flexibility index (Phi) is 6.63. The number of aryl methyl sites for hydroxylation is 1. The Bertz CT molecular complexity index is 1530. The zero-order chi connectivity index (χ0) is 25.8. The number of nitrogens with zero attached hydrogens (tertiary/aromatic N) is 4. The summed E-state index contributed by atoms with van der Waals surface area (Å²) in [5.74, 6) is 2.16. The van der Waals surface area contributed by atoms with Crippen molar-refractivity contribution in [3.05, 3.63) is 114 Å². The summed E-state index contributed by atoms with van der Waals surface area (Å²) in [5, 5.41) is 19.3. The number of benzene rings is 3. The van der Waals surface area contributed by atoms with Gasteiger partial charge < -0.3 is 15.4 Å². The molecule has 0 radical (unpaired) electrons. The van der Waals surface area contributed by atoms with Crippen molar-refractivity contribution in [3.63, 3.8) is 0 Å². The molecule has 0 unspecified atom stereocenters. The maximum Gasteiger partial charge on any atom is 0.259 e. The van der Waals surface area contributed by atoms with Gasteiger partial charge in [0.1, 0.15) is 11.5 Å². The second kappa shape index (κ2) is 10.3. The number of rotatable bonds is 7. The van der Waals surface area contributed by atoms with Crippen LogP contribution in [0.4, 0.5) is 17.2 Å². The molecule has 184 valence electrons. The van der Waals surface area contributed by atoms with Gasteiger partial charge in [-0.3, -0.25) is 4.79 Å². The van der Waals surface area contributed by atoms with Crippen molar-refractivity contribution < 1.29 is 9.53 Å². The molecule has 3 aromatic carbocycles. The number of hydrogen-bond donors (Lipinski definition) is 2. The highest BCUT2D eigenvalue weighted by molar-refractivity contribution is 6.06. The Morgan fingerprint density at radius 1 is 0.784 bits per heavy atom. The van der Waals surface area contributed by atoms with Crippen LogP contribution in [0.3, 0.4) is 0 Å². The zero-order valence-electron chi connectivity index (χ0n) is 20.8. The Hall–Kier alpha value is -4.98. The van der Waals surface area contributed by atoms with Gasteiger partial charge in [-0.05, 0) is 87.0 Å². The number of hydrogen-bond acceptors (Lipinski definition) is 6. The van der Waals surface area contributed by atoms with Gasteiger partial charge in [0, 0.05) is 17.1 Å². The summed E-state index contributed by atoms with van der Waals surface area (Å²) in [6.45, 7) is 6.03. The van der Waals surface area contributed by atoms with Gasteiger partial charge in [-0.15, -0.1) is 10.2 Å². The molecular weight excluding hydrogens is 464 g/mol. The molecule has 5 aromatic rings. The highest BCUT2D eigenvalue weighted by Gasteiger charge is 2.14. The van der Waals surface area contributed by atoms with E-state index in [0.29, 0.717) is 34.4 Å². The van der Waals surface area contributed by atoms with Crippen LogP contribution in [0.5, 0.6) is 11.5 Å². The minimum Gasteiger partial charge on any atom is -0.457 e. The van der Waals surface area contributed by atoms with E-state index in [-0.39, 0.29) is 5.91 Å². The Balaban J connectivity index is 1.24. The number of aromatic nitrogens is 4. The van der Waals surface area contributed by atoms with E-state index in [1.807, 2.05) is 99.6 Å². The standard InChI is InChI=1S/C29H26N6O2/c1-19-20(2)34-35(21(19)3)28-18-17-27(32-33-28)30-22-13-15-23(16-14-22)31-29(36)25-11-7-8-12-26(25)37-24-9-5-4-6-10-24/h4-18H,1-3H3,(H,30,32)(H,31,36). The topological polar surface area (TPSA) is 94.0 Å². The van der Waals surface area contributed by atoms with Crippen LogP contribution >= 0.6 is 0 Å². The van der Waals surface area contributed by atoms with Gasteiger partial charge >= 0.3 is 0 Å². The number of anilines is 3. The first kappa shape index (κ1) is 23.7. The molecule has 0 atom stereocenters. The zero-order valence-corrected chi connectivity index (χ0v) is 20.8. The molecule has 0 bridgehead atoms. The largest absolute Gasteiger partial charge is 0.457 e. The molecule has 1 amide bonds. The van der Waals surface area contributed by atoms with Crippen LogP contribution in [-0.4, -0.2) is 25.9 Å². The van der Waals surface area contributed by atoms with E-state index < -0.39 is 0 Å². The first-order chi connectivity index (χ1) is 18.0. The fourth-order valence-corrected chi connectivity index (χ4v) is 3.79. The summed E-state index contributed by atoms with van der Waals surface area (Å²) in [6, 6.07) is 27.6. The number of ether oxygens (including phenoxy) is 1. The Morgan fingerprint density at radius 2 is 1.49 bits per heavy atom. The molecule has 0 spiro atoms. The minimum atomic E-state index is -0.256. The van der Waals surface area contributed by atoms with Crippen molar-refractivity contribution >= 4 is 23.1 Å². The van der Waals surface area contributed by atoms with Crippen molar-refractivity contribution in [1.82, 2.24) is 20.0 Å². The average molecular weight is 491 g/mol. The second-order valence-electron chi connectivity index (χ2n) is 8.55. The fraction of sp³-hybridized carbons (Fsp3) is 0.103. The Labute approximate surface area is 215 Å². The summed E-state index contributed by atoms with van der Waals surface area (Å²) in [6.07, 6.45) is 0. The SMILES string of the molecule is Cc1nn(-c2ccc(Nc3ccc(NC(=O)c4ccccc4Oc4ccccc4)cc3)nn2)c(C)c1C. The third-order valence-corrected chi connectivity index (χ3v) is 6.04. The number of nitrogens with one attached hydrogen (secondary N) is 2. The van der Waals surface area contributed by atoms with Gasteiger partial charge in [0.2, 0.25) is 0 Å². The normalized spacial score (nSPS) is 10.7. The lowest BCUT2D eigenvalue weighted by Crippen LogP contribution is -2.13. The summed E-state index contributed by atoms with van der Waals surface area (Å²) in [4.78, 5) is 13.0. The van der Waals surface area contributed by atoms with E-state index in [0.717, 1.165) is 22.6 Å². The van der Waals surface area contributed by atoms with Crippen molar-refractivity contribution in [2.24, 2.45) is 0 Å². The lowest BCUT2D eigenvalue weighted by molar-refractivity contribution is 0.102. The van der Waals surface area contributed by atoms with Crippen LogP contribution < -0.4 is 15.4 Å². The maximum absolute atomic E-state index is 13.0. The van der Waals surface area contributed by atoms with Gasteiger partial charge in [-0.1, -0.05) is 30.3 Å². The van der Waals surface area contributed by atoms with Gasteiger partial charge in [0.05, 0.1) is 11.3 Å². The first-order valence-corrected chi connectivity index (χ1v) is 11.9. The first-order valence-electron chi connectivity index (χ1n) is 11.9. The van der Waals surface area contributed by atoms with E-state index in [9.17, 15) is 4.79 Å². The molecule has 0 fully saturated rings. The van der Waals surface area contributed by atoms with Gasteiger partial charge in [-0.2, -0.15) is 5.10 Å². The van der Waals surface area contributed by atoms with E-state index in [1.54, 1.807) is 16.8 Å². The lowest BCUT2D eigenvalue weighted by Gasteiger charge is -2.12. The molecule has 2 aromatic heterocycles. The molecular formula is C29H26N6O2. The van der Waals surface area contributed by atoms with E-state index in [4.69, 9.17) is 4.74 Å². The minimum absolute atomic E-state index is 0.256. The lowest BCUT2D eigenvalue weighted by atomic mass is 10.1. The number of carbonyl (C=O) groups excluding carboxylic acids is 1. The molecule has 0 aliphatic rings. The molecule has 8 nitrogen and oxygen atoms in total. The third-order valence-electron chi connectivity index (χ3n) is 6.04. The van der Waals surface area contributed by atoms with Crippen LogP contribution in [0.1, 0.15) is 27.3 Å². The molecule has 37 heavy (non-hydrogen) atoms. The van der Waals surface area contributed by atoms with E-state index in [2.05, 4.69) is 25.9 Å². The van der Waals surface area contributed by atoms with Gasteiger partial charge in [0.25, 0.3) is 5.91 Å². The van der Waals surface area contributed by atoms with Crippen LogP contribution in [0, 0.1) is 20.8 Å². The van der Waals surface area contributed by atoms with Crippen LogP contribution in [-0.2, 0) is 0 Å². The third kappa shape index (κ3) is 5.33. The van der Waals surface area contributed by atoms with Crippen molar-refractivity contribution in [2.45, 2.75) is 20.8 Å². The van der Waals surface area contributed by atoms with Crippen LogP contribution in [0.25, 0.3) is 5.82 Å². The second-order valence-corrected chi connectivity index (χ2v) is 8.55. The molecule has 5 rings (SSSR count). The smallest absolute Gasteiger partial charge is 0.259 e. The highest BCUT2D eigenvalue weighted by atomic mass is 16.5. The van der Waals surface area contributed by atoms with E-state index >= 15 is 0 Å². The predicted octanol–water partition coefficient (Wildman–Crippen LogP) is 6.38. The monoisotopic (exact) mass is 490 g/mol. The van der Waals surface area contributed by atoms with Gasteiger partial charge in [0.15, 0.2) is 11.6 Å². The number of para-hydroxylation sites is 2. The summed E-state index contributed by atoms with van der Waals surface area (Å²) >= 11 is 0. The summed E-state index contributed by atoms with van der Waals surface area (Å²) < 4.78 is 7.71. The fourth-order valence-electron chi connectivity index (χ4n) is 3.79. The van der Waals surface area contributed by atoms with Crippen LogP contribution in [0.15, 0.2) is 91.0 Å². The molecule has 2 N–H and O–H groups in total. The van der Waals surface area contributed by atoms with Crippen LogP contribution in [0.2, 0.25) is 0 Å². The predicted molar refractivity (Wildman–Crippen MR) is 144 cm³/mol. The Morgan fingerprint density at radius 3 is 2.16 bits per heavy atom. The molecule has 2 heterocycles. The van der Waals surface area contributed by atoms with Crippen molar-refractivity contribution in [2.75, 3.05) is 10.6 Å². The molecule has 0 saturated carbocycles. The summed E-state index contributed by atoms with van der Waals surface area (Å²) in [7, 11) is 0. The van der Waals surface area contributed by atoms with Gasteiger partial charge in [-0.25, -0.2) is 4.68 Å².